The van der Waals surface area contributed by atoms with Crippen LogP contribution in [-0.4, -0.2) is 71.7 Å². The molecule has 3 fully saturated rings. The molecule has 52 heavy (non-hydrogen) atoms. The maximum absolute atomic E-state index is 5.99. The van der Waals surface area contributed by atoms with Crippen molar-refractivity contribution in [2.75, 3.05) is 53.4 Å². The van der Waals surface area contributed by atoms with E-state index in [2.05, 4.69) is 115 Å². The first-order valence-electron chi connectivity index (χ1n) is 18.7. The fourth-order valence-corrected chi connectivity index (χ4v) is 7.04. The Morgan fingerprint density at radius 1 is 0.577 bits per heavy atom. The summed E-state index contributed by atoms with van der Waals surface area (Å²) < 4.78 is 39.2. The van der Waals surface area contributed by atoms with Gasteiger partial charge in [0.2, 0.25) is 0 Å². The minimum Gasteiger partial charge on any atom is -0.491 e. The topological polar surface area (TPSA) is 74.5 Å². The first kappa shape index (κ1) is 34.7. The lowest BCUT2D eigenvalue weighted by molar-refractivity contribution is 0.195. The van der Waals surface area contributed by atoms with Gasteiger partial charge in [-0.25, -0.2) is 0 Å². The fourth-order valence-electron chi connectivity index (χ4n) is 7.04. The van der Waals surface area contributed by atoms with Crippen LogP contribution in [0.3, 0.4) is 0 Å². The van der Waals surface area contributed by atoms with Gasteiger partial charge >= 0.3 is 0 Å². The predicted molar refractivity (Wildman–Crippen MR) is 201 cm³/mol. The van der Waals surface area contributed by atoms with Gasteiger partial charge in [0, 0.05) is 25.6 Å². The molecular weight excluding hydrogens is 652 g/mol. The monoisotopic (exact) mass is 700 g/mol. The molecule has 4 aromatic rings. The molecule has 0 saturated carbocycles. The third-order valence-corrected chi connectivity index (χ3v) is 10.3. The largest absolute Gasteiger partial charge is 0.491 e. The van der Waals surface area contributed by atoms with Gasteiger partial charge in [0.1, 0.15) is 55.4 Å². The Hall–Kier alpha value is -4.40. The molecule has 0 spiro atoms. The summed E-state index contributed by atoms with van der Waals surface area (Å²) >= 11 is 0. The number of epoxide rings is 3. The van der Waals surface area contributed by atoms with Gasteiger partial charge in [0.15, 0.2) is 0 Å². The summed E-state index contributed by atoms with van der Waals surface area (Å²) in [6.07, 6.45) is 10.9. The lowest BCUT2D eigenvalue weighted by Crippen LogP contribution is -2.15. The second-order valence-corrected chi connectivity index (χ2v) is 14.2. The van der Waals surface area contributed by atoms with Crippen molar-refractivity contribution in [1.82, 2.24) is 0 Å². The second kappa shape index (κ2) is 16.5. The molecule has 0 N–H and O–H groups in total. The van der Waals surface area contributed by atoms with Crippen LogP contribution in [0.4, 0.5) is 0 Å². The highest BCUT2D eigenvalue weighted by Gasteiger charge is 2.27. The van der Waals surface area contributed by atoms with Crippen molar-refractivity contribution in [2.24, 2.45) is 5.92 Å². The molecule has 1 aliphatic carbocycles. The molecule has 4 aromatic carbocycles. The minimum absolute atomic E-state index is 0.0354. The van der Waals surface area contributed by atoms with Gasteiger partial charge in [-0.1, -0.05) is 84.5 Å². The van der Waals surface area contributed by atoms with Gasteiger partial charge in [-0.05, 0) is 89.4 Å². The van der Waals surface area contributed by atoms with Crippen LogP contribution in [-0.2, 0) is 18.9 Å². The number of benzene rings is 4. The zero-order valence-electron chi connectivity index (χ0n) is 29.9. The Morgan fingerprint density at radius 2 is 0.981 bits per heavy atom. The van der Waals surface area contributed by atoms with Crippen molar-refractivity contribution in [2.45, 2.75) is 49.4 Å². The van der Waals surface area contributed by atoms with Crippen molar-refractivity contribution in [3.8, 4) is 17.2 Å². The molecule has 4 aliphatic rings. The zero-order valence-corrected chi connectivity index (χ0v) is 29.9. The summed E-state index contributed by atoms with van der Waals surface area (Å²) in [7, 11) is 1.77. The van der Waals surface area contributed by atoms with Gasteiger partial charge in [0.05, 0.1) is 19.8 Å². The van der Waals surface area contributed by atoms with E-state index in [0.717, 1.165) is 62.9 Å². The number of allylic oxidation sites excluding steroid dienone is 4. The molecule has 7 nitrogen and oxygen atoms in total. The summed E-state index contributed by atoms with van der Waals surface area (Å²) in [5.41, 5.74) is 7.61. The lowest BCUT2D eigenvalue weighted by Gasteiger charge is -2.28. The summed E-state index contributed by atoms with van der Waals surface area (Å²) in [6.45, 7) is 4.92. The van der Waals surface area contributed by atoms with Crippen LogP contribution >= 0.6 is 0 Å². The molecule has 0 bridgehead atoms. The van der Waals surface area contributed by atoms with Crippen molar-refractivity contribution in [3.05, 3.63) is 149 Å². The smallest absolute Gasteiger partial charge is 0.119 e. The van der Waals surface area contributed by atoms with Gasteiger partial charge in [-0.2, -0.15) is 0 Å². The Morgan fingerprint density at radius 3 is 1.37 bits per heavy atom. The van der Waals surface area contributed by atoms with E-state index < -0.39 is 0 Å². The quantitative estimate of drug-likeness (QED) is 0.0554. The maximum atomic E-state index is 5.99. The molecule has 8 rings (SSSR count). The first-order valence-corrected chi connectivity index (χ1v) is 18.7. The number of rotatable bonds is 19. The van der Waals surface area contributed by atoms with Crippen LogP contribution in [0.5, 0.6) is 17.2 Å². The van der Waals surface area contributed by atoms with Gasteiger partial charge in [-0.15, -0.1) is 0 Å². The number of ether oxygens (including phenoxy) is 7. The highest BCUT2D eigenvalue weighted by Crippen LogP contribution is 2.40. The highest BCUT2D eigenvalue weighted by molar-refractivity contribution is 5.48. The molecule has 5 unspecified atom stereocenters. The van der Waals surface area contributed by atoms with Crippen LogP contribution in [0.25, 0.3) is 0 Å². The first-order chi connectivity index (χ1) is 25.7. The molecule has 0 amide bonds. The highest BCUT2D eigenvalue weighted by atomic mass is 16.6. The molecule has 0 aromatic heterocycles. The zero-order chi connectivity index (χ0) is 35.1. The summed E-state index contributed by atoms with van der Waals surface area (Å²) in [5.74, 6) is 3.16. The summed E-state index contributed by atoms with van der Waals surface area (Å²) in [6, 6.07) is 34.9. The van der Waals surface area contributed by atoms with Gasteiger partial charge in [-0.3, -0.25) is 0 Å². The van der Waals surface area contributed by atoms with Crippen LogP contribution in [0.15, 0.2) is 121 Å². The Balaban J connectivity index is 1.06. The number of hydrogen-bond acceptors (Lipinski definition) is 7. The summed E-state index contributed by atoms with van der Waals surface area (Å²) in [4.78, 5) is 0. The van der Waals surface area contributed by atoms with E-state index in [-0.39, 0.29) is 30.1 Å². The molecule has 3 aliphatic heterocycles. The molecule has 0 radical (unpaired) electrons. The van der Waals surface area contributed by atoms with Crippen molar-refractivity contribution in [1.29, 1.82) is 0 Å². The van der Waals surface area contributed by atoms with E-state index in [0.29, 0.717) is 25.7 Å². The van der Waals surface area contributed by atoms with Crippen molar-refractivity contribution >= 4 is 0 Å². The Bertz CT molecular complexity index is 1730. The van der Waals surface area contributed by atoms with Crippen LogP contribution in [0, 0.1) is 5.92 Å². The molecule has 3 heterocycles. The van der Waals surface area contributed by atoms with E-state index in [4.69, 9.17) is 33.2 Å². The molecule has 270 valence electrons. The van der Waals surface area contributed by atoms with E-state index in [9.17, 15) is 0 Å². The average Bonchev–Trinajstić information content (AvgIpc) is 4.04. The summed E-state index contributed by atoms with van der Waals surface area (Å²) in [5, 5.41) is 0. The van der Waals surface area contributed by atoms with Crippen LogP contribution in [0.2, 0.25) is 0 Å². The maximum Gasteiger partial charge on any atom is 0.119 e. The molecule has 7 heteroatoms. The van der Waals surface area contributed by atoms with E-state index in [1.165, 1.54) is 33.4 Å². The minimum atomic E-state index is 0.0354. The normalized spacial score (nSPS) is 22.6. The van der Waals surface area contributed by atoms with E-state index >= 15 is 0 Å². The number of hydrogen-bond donors (Lipinski definition) is 0. The van der Waals surface area contributed by atoms with Gasteiger partial charge < -0.3 is 33.2 Å². The third-order valence-electron chi connectivity index (χ3n) is 10.3. The predicted octanol–water partition coefficient (Wildman–Crippen LogP) is 8.26. The van der Waals surface area contributed by atoms with Crippen LogP contribution < -0.4 is 14.2 Å². The Kier molecular flexibility index (Phi) is 11.0. The Labute approximate surface area is 307 Å². The SMILES string of the molecule is COCCCC1=CCC(C(c2ccc(OCC3CO3)cc2)c2ccc(C(c3ccc(OCC4CO4)cc3)c3ccc(OCC4CO4)cc3)cc2)C=C1. The van der Waals surface area contributed by atoms with Crippen molar-refractivity contribution in [3.63, 3.8) is 0 Å². The van der Waals surface area contributed by atoms with E-state index in [1.807, 2.05) is 0 Å². The fraction of sp³-hybridized carbons (Fsp3) is 0.378. The van der Waals surface area contributed by atoms with Crippen molar-refractivity contribution < 1.29 is 33.2 Å². The van der Waals surface area contributed by atoms with E-state index in [1.54, 1.807) is 7.11 Å². The van der Waals surface area contributed by atoms with Gasteiger partial charge in [0.25, 0.3) is 0 Å². The van der Waals surface area contributed by atoms with Crippen LogP contribution in [0.1, 0.15) is 58.9 Å². The standard InChI is InChI=1S/C45H48O7/c1-46-24-2-3-31-4-6-32(7-5-31)44(35-12-18-38(19-13-35)47-25-41-28-50-41)33-8-10-34(11-9-33)45(36-14-20-39(21-15-36)48-26-42-29-51-42)37-16-22-40(23-17-37)49-27-43-30-52-43/h4-6,8-23,32,41-45H,2-3,7,24-30H2,1H3. The molecule has 5 atom stereocenters. The average molecular weight is 701 g/mol. The molecule has 3 saturated heterocycles. The lowest BCUT2D eigenvalue weighted by atomic mass is 9.76. The second-order valence-electron chi connectivity index (χ2n) is 14.2. The number of methoxy groups -OCH3 is 1. The molecular formula is C45H48O7. The third kappa shape index (κ3) is 9.33.